The Balaban J connectivity index is 2.16. The van der Waals surface area contributed by atoms with Gasteiger partial charge < -0.3 is 5.32 Å². The van der Waals surface area contributed by atoms with Crippen LogP contribution in [0.25, 0.3) is 6.08 Å². The van der Waals surface area contributed by atoms with Crippen LogP contribution in [0.5, 0.6) is 0 Å². The van der Waals surface area contributed by atoms with Gasteiger partial charge in [-0.3, -0.25) is 0 Å². The van der Waals surface area contributed by atoms with Crippen molar-refractivity contribution in [3.05, 3.63) is 47.7 Å². The van der Waals surface area contributed by atoms with Crippen molar-refractivity contribution in [3.8, 4) is 0 Å². The highest BCUT2D eigenvalue weighted by Gasteiger charge is 2.03. The number of benzene rings is 1. The highest BCUT2D eigenvalue weighted by Crippen LogP contribution is 2.22. The Labute approximate surface area is 95.5 Å². The number of allylic oxidation sites excluding steroid dienone is 3. The number of alkyl halides is 1. The van der Waals surface area contributed by atoms with E-state index in [0.29, 0.717) is 5.88 Å². The molecule has 15 heavy (non-hydrogen) atoms. The molecule has 0 aromatic heterocycles. The standard InChI is InChI=1S/C13H14ClN/c14-10-4-8-12-7-3-6-11-5-1-2-9-13(11)15-12/h1-3,5-7,9,15H,4,8,10H2. The Morgan fingerprint density at radius 1 is 1.20 bits per heavy atom. The molecule has 0 fully saturated rings. The first-order chi connectivity index (χ1) is 7.40. The molecule has 1 aromatic rings. The molecule has 78 valence electrons. The third-order valence-corrected chi connectivity index (χ3v) is 2.68. The molecule has 0 radical (unpaired) electrons. The van der Waals surface area contributed by atoms with Crippen LogP contribution < -0.4 is 5.32 Å². The van der Waals surface area contributed by atoms with Crippen LogP contribution >= 0.6 is 11.6 Å². The summed E-state index contributed by atoms with van der Waals surface area (Å²) >= 11 is 5.69. The molecule has 1 nitrogen and oxygen atoms in total. The number of rotatable bonds is 3. The molecule has 0 amide bonds. The van der Waals surface area contributed by atoms with Crippen LogP contribution in [0.4, 0.5) is 5.69 Å². The van der Waals surface area contributed by atoms with Crippen molar-refractivity contribution in [1.29, 1.82) is 0 Å². The van der Waals surface area contributed by atoms with Gasteiger partial charge in [0, 0.05) is 17.3 Å². The maximum absolute atomic E-state index is 5.69. The van der Waals surface area contributed by atoms with Crippen molar-refractivity contribution in [1.82, 2.24) is 0 Å². The van der Waals surface area contributed by atoms with E-state index >= 15 is 0 Å². The zero-order valence-corrected chi connectivity index (χ0v) is 9.30. The summed E-state index contributed by atoms with van der Waals surface area (Å²) in [6, 6.07) is 8.30. The molecule has 0 atom stereocenters. The lowest BCUT2D eigenvalue weighted by Gasteiger charge is -2.10. The van der Waals surface area contributed by atoms with E-state index in [0.717, 1.165) is 12.8 Å². The van der Waals surface area contributed by atoms with E-state index < -0.39 is 0 Å². The van der Waals surface area contributed by atoms with Crippen LogP contribution in [0.15, 0.2) is 42.1 Å². The van der Waals surface area contributed by atoms with Crippen molar-refractivity contribution in [3.63, 3.8) is 0 Å². The number of fused-ring (bicyclic) bond motifs is 1. The van der Waals surface area contributed by atoms with Gasteiger partial charge in [-0.15, -0.1) is 11.6 Å². The second kappa shape index (κ2) is 5.04. The number of para-hydroxylation sites is 1. The molecule has 0 bridgehead atoms. The first-order valence-corrected chi connectivity index (χ1v) is 5.73. The van der Waals surface area contributed by atoms with Gasteiger partial charge in [-0.05, 0) is 30.5 Å². The lowest BCUT2D eigenvalue weighted by atomic mass is 10.1. The van der Waals surface area contributed by atoms with Gasteiger partial charge in [0.05, 0.1) is 0 Å². The van der Waals surface area contributed by atoms with E-state index in [2.05, 4.69) is 41.7 Å². The molecule has 0 aliphatic carbocycles. The summed E-state index contributed by atoms with van der Waals surface area (Å²) in [5.74, 6) is 0.713. The molecule has 1 aliphatic heterocycles. The third kappa shape index (κ3) is 2.63. The Morgan fingerprint density at radius 2 is 2.07 bits per heavy atom. The molecule has 1 aliphatic rings. The zero-order valence-electron chi connectivity index (χ0n) is 8.54. The summed E-state index contributed by atoms with van der Waals surface area (Å²) in [7, 11) is 0. The Hall–Kier alpha value is -1.21. The predicted octanol–water partition coefficient (Wildman–Crippen LogP) is 4.03. The van der Waals surface area contributed by atoms with Crippen molar-refractivity contribution in [2.75, 3.05) is 11.2 Å². The smallest absolute Gasteiger partial charge is 0.0455 e. The number of nitrogens with one attached hydrogen (secondary N) is 1. The summed E-state index contributed by atoms with van der Waals surface area (Å²) < 4.78 is 0. The van der Waals surface area contributed by atoms with Gasteiger partial charge in [-0.2, -0.15) is 0 Å². The van der Waals surface area contributed by atoms with E-state index in [4.69, 9.17) is 11.6 Å². The molecule has 0 saturated carbocycles. The Bertz CT molecular complexity index is 393. The monoisotopic (exact) mass is 219 g/mol. The SMILES string of the molecule is ClCCCC1=CC=Cc2ccccc2N1. The predicted molar refractivity (Wildman–Crippen MR) is 67.1 cm³/mol. The normalized spacial score (nSPS) is 13.8. The minimum absolute atomic E-state index is 0.713. The lowest BCUT2D eigenvalue weighted by Crippen LogP contribution is -2.00. The molecular formula is C13H14ClN. The average molecular weight is 220 g/mol. The van der Waals surface area contributed by atoms with Gasteiger partial charge >= 0.3 is 0 Å². The highest BCUT2D eigenvalue weighted by atomic mass is 35.5. The summed E-state index contributed by atoms with van der Waals surface area (Å²) in [5, 5.41) is 3.43. The van der Waals surface area contributed by atoms with Crippen molar-refractivity contribution >= 4 is 23.4 Å². The van der Waals surface area contributed by atoms with Crippen LogP contribution in [-0.2, 0) is 0 Å². The fourth-order valence-corrected chi connectivity index (χ4v) is 1.78. The van der Waals surface area contributed by atoms with E-state index in [1.54, 1.807) is 0 Å². The van der Waals surface area contributed by atoms with Crippen LogP contribution in [0.2, 0.25) is 0 Å². The van der Waals surface area contributed by atoms with Gasteiger partial charge in [0.1, 0.15) is 0 Å². The number of hydrogen-bond acceptors (Lipinski definition) is 1. The maximum atomic E-state index is 5.69. The molecule has 2 rings (SSSR count). The summed E-state index contributed by atoms with van der Waals surface area (Å²) in [6.45, 7) is 0. The molecule has 1 N–H and O–H groups in total. The second-order valence-corrected chi connectivity index (χ2v) is 3.93. The molecule has 1 heterocycles. The van der Waals surface area contributed by atoms with Gasteiger partial charge in [-0.25, -0.2) is 0 Å². The minimum Gasteiger partial charge on any atom is -0.358 e. The highest BCUT2D eigenvalue weighted by molar-refractivity contribution is 6.17. The van der Waals surface area contributed by atoms with Gasteiger partial charge in [0.25, 0.3) is 0 Å². The summed E-state index contributed by atoms with van der Waals surface area (Å²) in [5.41, 5.74) is 3.64. The number of anilines is 1. The fraction of sp³-hybridized carbons (Fsp3) is 0.231. The topological polar surface area (TPSA) is 12.0 Å². The summed E-state index contributed by atoms with van der Waals surface area (Å²) in [6.07, 6.45) is 8.34. The first-order valence-electron chi connectivity index (χ1n) is 5.19. The van der Waals surface area contributed by atoms with Crippen LogP contribution in [-0.4, -0.2) is 5.88 Å². The Kier molecular flexibility index (Phi) is 3.46. The average Bonchev–Trinajstić information content (AvgIpc) is 2.47. The van der Waals surface area contributed by atoms with Gasteiger partial charge in [0.2, 0.25) is 0 Å². The van der Waals surface area contributed by atoms with Crippen LogP contribution in [0, 0.1) is 0 Å². The Morgan fingerprint density at radius 3 is 2.93 bits per heavy atom. The number of halogens is 1. The van der Waals surface area contributed by atoms with Crippen molar-refractivity contribution in [2.24, 2.45) is 0 Å². The maximum Gasteiger partial charge on any atom is 0.0455 e. The van der Waals surface area contributed by atoms with Crippen molar-refractivity contribution in [2.45, 2.75) is 12.8 Å². The van der Waals surface area contributed by atoms with Crippen molar-refractivity contribution < 1.29 is 0 Å². The molecular weight excluding hydrogens is 206 g/mol. The minimum atomic E-state index is 0.713. The van der Waals surface area contributed by atoms with Gasteiger partial charge in [-0.1, -0.05) is 30.4 Å². The van der Waals surface area contributed by atoms with E-state index in [-0.39, 0.29) is 0 Å². The van der Waals surface area contributed by atoms with Gasteiger partial charge in [0.15, 0.2) is 0 Å². The molecule has 0 saturated heterocycles. The number of hydrogen-bond donors (Lipinski definition) is 1. The second-order valence-electron chi connectivity index (χ2n) is 3.56. The molecule has 1 aromatic carbocycles. The molecule has 0 unspecified atom stereocenters. The summed E-state index contributed by atoms with van der Waals surface area (Å²) in [4.78, 5) is 0. The van der Waals surface area contributed by atoms with E-state index in [1.807, 2.05) is 6.07 Å². The lowest BCUT2D eigenvalue weighted by molar-refractivity contribution is 0.917. The fourth-order valence-electron chi connectivity index (χ4n) is 1.64. The zero-order chi connectivity index (χ0) is 10.5. The van der Waals surface area contributed by atoms with E-state index in [9.17, 15) is 0 Å². The molecule has 0 spiro atoms. The first kappa shape index (κ1) is 10.3. The van der Waals surface area contributed by atoms with E-state index in [1.165, 1.54) is 16.9 Å². The molecule has 2 heteroatoms. The van der Waals surface area contributed by atoms with Crippen LogP contribution in [0.1, 0.15) is 18.4 Å². The quantitative estimate of drug-likeness (QED) is 0.757. The third-order valence-electron chi connectivity index (χ3n) is 2.41. The largest absolute Gasteiger partial charge is 0.358 e. The van der Waals surface area contributed by atoms with Crippen LogP contribution in [0.3, 0.4) is 0 Å².